The minimum absolute atomic E-state index is 0.171. The van der Waals surface area contributed by atoms with Gasteiger partial charge in [-0.15, -0.1) is 0 Å². The molecule has 158 valence electrons. The molecule has 6 heteroatoms. The van der Waals surface area contributed by atoms with Gasteiger partial charge in [-0.2, -0.15) is 0 Å². The van der Waals surface area contributed by atoms with Crippen LogP contribution in [0.2, 0.25) is 0 Å². The Morgan fingerprint density at radius 1 is 1.10 bits per heavy atom. The van der Waals surface area contributed by atoms with Crippen molar-refractivity contribution < 1.29 is 14.4 Å². The first kappa shape index (κ1) is 21.3. The summed E-state index contributed by atoms with van der Waals surface area (Å²) in [6.07, 6.45) is 3.31. The molecule has 6 nitrogen and oxygen atoms in total. The summed E-state index contributed by atoms with van der Waals surface area (Å²) < 4.78 is 0. The van der Waals surface area contributed by atoms with Crippen LogP contribution in [0.4, 0.5) is 4.79 Å². The fourth-order valence-electron chi connectivity index (χ4n) is 4.51. The molecular weight excluding hydrogens is 366 g/mol. The van der Waals surface area contributed by atoms with Crippen LogP contribution in [-0.4, -0.2) is 47.3 Å². The van der Waals surface area contributed by atoms with E-state index in [4.69, 9.17) is 0 Å². The van der Waals surface area contributed by atoms with Crippen molar-refractivity contribution in [3.05, 3.63) is 35.4 Å². The number of imide groups is 1. The van der Waals surface area contributed by atoms with Crippen LogP contribution < -0.4 is 5.32 Å². The maximum absolute atomic E-state index is 13.5. The Morgan fingerprint density at radius 2 is 1.76 bits per heavy atom. The third-order valence-corrected chi connectivity index (χ3v) is 5.72. The summed E-state index contributed by atoms with van der Waals surface area (Å²) in [4.78, 5) is 42.2. The molecule has 4 amide bonds. The van der Waals surface area contributed by atoms with E-state index in [0.29, 0.717) is 31.3 Å². The van der Waals surface area contributed by atoms with Gasteiger partial charge in [0.2, 0.25) is 5.91 Å². The molecule has 1 unspecified atom stereocenters. The Hall–Kier alpha value is -2.37. The lowest BCUT2D eigenvalue weighted by Gasteiger charge is -2.29. The molecule has 1 saturated heterocycles. The number of hydrogen-bond acceptors (Lipinski definition) is 3. The first-order valence-electron chi connectivity index (χ1n) is 10.7. The van der Waals surface area contributed by atoms with Gasteiger partial charge in [0.25, 0.3) is 5.91 Å². The molecule has 29 heavy (non-hydrogen) atoms. The summed E-state index contributed by atoms with van der Waals surface area (Å²) in [6.45, 7) is 9.28. The summed E-state index contributed by atoms with van der Waals surface area (Å²) in [5, 5.41) is 2.96. The number of urea groups is 1. The van der Waals surface area contributed by atoms with E-state index in [1.54, 1.807) is 4.90 Å². The van der Waals surface area contributed by atoms with Crippen molar-refractivity contribution in [2.24, 2.45) is 11.8 Å². The number of hydrogen-bond donors (Lipinski definition) is 1. The third kappa shape index (κ3) is 4.31. The predicted octanol–water partition coefficient (Wildman–Crippen LogP) is 3.30. The highest BCUT2D eigenvalue weighted by Gasteiger charge is 2.53. The molecule has 3 rings (SSSR count). The van der Waals surface area contributed by atoms with Gasteiger partial charge in [0.1, 0.15) is 12.1 Å². The number of benzene rings is 1. The van der Waals surface area contributed by atoms with E-state index in [1.807, 2.05) is 24.3 Å². The number of carbonyl (C=O) groups excluding carboxylic acids is 3. The zero-order chi connectivity index (χ0) is 21.2. The molecule has 1 aliphatic carbocycles. The number of fused-ring (bicyclic) bond motifs is 2. The minimum atomic E-state index is -1.04. The molecule has 0 aromatic heterocycles. The molecule has 1 spiro atoms. The largest absolute Gasteiger partial charge is 0.341 e. The summed E-state index contributed by atoms with van der Waals surface area (Å²) in [5.41, 5.74) is 0.950. The predicted molar refractivity (Wildman–Crippen MR) is 112 cm³/mol. The van der Waals surface area contributed by atoms with Crippen molar-refractivity contribution >= 4 is 17.8 Å². The fraction of sp³-hybridized carbons (Fsp3) is 0.609. The maximum Gasteiger partial charge on any atom is 0.325 e. The zero-order valence-electron chi connectivity index (χ0n) is 18.0. The van der Waals surface area contributed by atoms with Crippen LogP contribution >= 0.6 is 0 Å². The first-order valence-corrected chi connectivity index (χ1v) is 10.7. The SMILES string of the molecule is CC(C)CN(CC(C)C)C(=O)CN1C(=O)NC2(CCCCc3ccccc32)C1=O. The molecule has 1 fully saturated rings. The van der Waals surface area contributed by atoms with E-state index < -0.39 is 11.6 Å². The molecule has 2 aliphatic rings. The van der Waals surface area contributed by atoms with Crippen LogP contribution in [0.3, 0.4) is 0 Å². The summed E-state index contributed by atoms with van der Waals surface area (Å²) in [5.74, 6) is 0.177. The normalized spacial score (nSPS) is 21.5. The molecular formula is C23H33N3O3. The monoisotopic (exact) mass is 399 g/mol. The lowest BCUT2D eigenvalue weighted by atomic mass is 9.84. The number of amides is 4. The van der Waals surface area contributed by atoms with E-state index in [0.717, 1.165) is 35.3 Å². The molecule has 1 heterocycles. The van der Waals surface area contributed by atoms with Crippen LogP contribution in [0.1, 0.15) is 58.1 Å². The van der Waals surface area contributed by atoms with Crippen molar-refractivity contribution in [1.82, 2.24) is 15.1 Å². The average molecular weight is 400 g/mol. The Labute approximate surface area is 173 Å². The Kier molecular flexibility index (Phi) is 6.30. The quantitative estimate of drug-likeness (QED) is 0.746. The standard InChI is InChI=1S/C23H33N3O3/c1-16(2)13-25(14-17(3)4)20(27)15-26-21(28)23(24-22(26)29)12-8-7-10-18-9-5-6-11-19(18)23/h5-6,9,11,16-17H,7-8,10,12-15H2,1-4H3,(H,24,29). The van der Waals surface area contributed by atoms with E-state index in [-0.39, 0.29) is 18.4 Å². The van der Waals surface area contributed by atoms with Crippen LogP contribution in [0.5, 0.6) is 0 Å². The Balaban J connectivity index is 1.85. The van der Waals surface area contributed by atoms with Crippen molar-refractivity contribution in [2.45, 2.75) is 58.9 Å². The zero-order valence-corrected chi connectivity index (χ0v) is 18.0. The van der Waals surface area contributed by atoms with Crippen LogP contribution in [0, 0.1) is 11.8 Å². The number of carbonyl (C=O) groups is 3. The number of nitrogens with zero attached hydrogens (tertiary/aromatic N) is 2. The van der Waals surface area contributed by atoms with Crippen molar-refractivity contribution in [3.63, 3.8) is 0 Å². The Morgan fingerprint density at radius 3 is 2.41 bits per heavy atom. The summed E-state index contributed by atoms with van der Waals surface area (Å²) in [7, 11) is 0. The van der Waals surface area contributed by atoms with E-state index in [1.165, 1.54) is 0 Å². The van der Waals surface area contributed by atoms with E-state index in [9.17, 15) is 14.4 Å². The molecule has 0 radical (unpaired) electrons. The van der Waals surface area contributed by atoms with Crippen molar-refractivity contribution in [1.29, 1.82) is 0 Å². The molecule has 1 aliphatic heterocycles. The Bertz CT molecular complexity index is 779. The van der Waals surface area contributed by atoms with E-state index in [2.05, 4.69) is 33.0 Å². The van der Waals surface area contributed by atoms with Gasteiger partial charge in [0.05, 0.1) is 0 Å². The summed E-state index contributed by atoms with van der Waals surface area (Å²) >= 11 is 0. The van der Waals surface area contributed by atoms with Crippen LogP contribution in [0.25, 0.3) is 0 Å². The number of aryl methyl sites for hydroxylation is 1. The molecule has 1 aromatic carbocycles. The second kappa shape index (κ2) is 8.56. The second-order valence-electron chi connectivity index (χ2n) is 9.18. The summed E-state index contributed by atoms with van der Waals surface area (Å²) in [6, 6.07) is 7.38. The van der Waals surface area contributed by atoms with Gasteiger partial charge in [0, 0.05) is 13.1 Å². The van der Waals surface area contributed by atoms with Gasteiger partial charge in [0.15, 0.2) is 0 Å². The number of rotatable bonds is 6. The van der Waals surface area contributed by atoms with Gasteiger partial charge in [-0.1, -0.05) is 52.0 Å². The van der Waals surface area contributed by atoms with Gasteiger partial charge in [-0.05, 0) is 48.6 Å². The molecule has 1 atom stereocenters. The fourth-order valence-corrected chi connectivity index (χ4v) is 4.51. The van der Waals surface area contributed by atoms with Crippen LogP contribution in [0.15, 0.2) is 24.3 Å². The van der Waals surface area contributed by atoms with Gasteiger partial charge in [-0.25, -0.2) is 4.79 Å². The van der Waals surface area contributed by atoms with Gasteiger partial charge >= 0.3 is 6.03 Å². The minimum Gasteiger partial charge on any atom is -0.341 e. The molecule has 0 saturated carbocycles. The lowest BCUT2D eigenvalue weighted by Crippen LogP contribution is -2.47. The first-order chi connectivity index (χ1) is 13.7. The smallest absolute Gasteiger partial charge is 0.325 e. The number of nitrogens with one attached hydrogen (secondary N) is 1. The lowest BCUT2D eigenvalue weighted by molar-refractivity contribution is -0.139. The molecule has 0 bridgehead atoms. The highest BCUT2D eigenvalue weighted by molar-refractivity contribution is 6.09. The third-order valence-electron chi connectivity index (χ3n) is 5.72. The van der Waals surface area contributed by atoms with Crippen LogP contribution in [-0.2, 0) is 21.5 Å². The topological polar surface area (TPSA) is 69.7 Å². The van der Waals surface area contributed by atoms with Gasteiger partial charge in [-0.3, -0.25) is 14.5 Å². The second-order valence-corrected chi connectivity index (χ2v) is 9.18. The maximum atomic E-state index is 13.5. The van der Waals surface area contributed by atoms with Gasteiger partial charge < -0.3 is 10.2 Å². The van der Waals surface area contributed by atoms with E-state index >= 15 is 0 Å². The molecule has 1 aromatic rings. The van der Waals surface area contributed by atoms with Crippen molar-refractivity contribution in [2.75, 3.05) is 19.6 Å². The molecule has 1 N–H and O–H groups in total. The highest BCUT2D eigenvalue weighted by atomic mass is 16.2. The van der Waals surface area contributed by atoms with Crippen molar-refractivity contribution in [3.8, 4) is 0 Å². The highest BCUT2D eigenvalue weighted by Crippen LogP contribution is 2.38. The average Bonchev–Trinajstić information content (AvgIpc) is 2.80.